The van der Waals surface area contributed by atoms with Crippen LogP contribution in [0.25, 0.3) is 6.08 Å². The first-order valence-corrected chi connectivity index (χ1v) is 9.05. The van der Waals surface area contributed by atoms with Gasteiger partial charge in [-0.2, -0.15) is 0 Å². The molecule has 2 amide bonds. The number of hydrogen-bond acceptors (Lipinski definition) is 4. The van der Waals surface area contributed by atoms with Crippen molar-refractivity contribution in [2.24, 2.45) is 5.92 Å². The number of piperazine rings is 1. The van der Waals surface area contributed by atoms with E-state index in [0.29, 0.717) is 26.2 Å². The molecule has 0 aromatic heterocycles. The molecule has 3 rings (SSSR count). The van der Waals surface area contributed by atoms with Crippen LogP contribution in [-0.4, -0.2) is 52.7 Å². The molecule has 2 fully saturated rings. The fourth-order valence-electron chi connectivity index (χ4n) is 3.56. The molecule has 1 aromatic rings. The molecule has 1 aliphatic carbocycles. The molecule has 0 bridgehead atoms. The second-order valence-corrected chi connectivity index (χ2v) is 6.81. The van der Waals surface area contributed by atoms with Crippen molar-refractivity contribution in [2.45, 2.75) is 25.7 Å². The van der Waals surface area contributed by atoms with Crippen LogP contribution >= 0.6 is 0 Å². The zero-order chi connectivity index (χ0) is 18.5. The van der Waals surface area contributed by atoms with E-state index in [1.165, 1.54) is 18.2 Å². The molecule has 7 nitrogen and oxygen atoms in total. The van der Waals surface area contributed by atoms with Gasteiger partial charge in [-0.15, -0.1) is 0 Å². The van der Waals surface area contributed by atoms with Crippen molar-refractivity contribution >= 4 is 23.6 Å². The SMILES string of the molecule is O=C(/C=C/c1ccc([N+](=O)[O-])cc1)N1CCN(C(=O)C2CCCC2)CC1. The average Bonchev–Trinajstić information content (AvgIpc) is 3.20. The number of carbonyl (C=O) groups is 2. The summed E-state index contributed by atoms with van der Waals surface area (Å²) >= 11 is 0. The summed E-state index contributed by atoms with van der Waals surface area (Å²) in [5.74, 6) is 0.326. The van der Waals surface area contributed by atoms with Gasteiger partial charge >= 0.3 is 0 Å². The topological polar surface area (TPSA) is 83.8 Å². The largest absolute Gasteiger partial charge is 0.339 e. The van der Waals surface area contributed by atoms with Crippen molar-refractivity contribution in [3.8, 4) is 0 Å². The van der Waals surface area contributed by atoms with Crippen LogP contribution in [0.15, 0.2) is 30.3 Å². The molecule has 1 aliphatic heterocycles. The molecule has 7 heteroatoms. The molecule has 0 radical (unpaired) electrons. The number of nitro groups is 1. The van der Waals surface area contributed by atoms with Crippen LogP contribution in [0.3, 0.4) is 0 Å². The number of amides is 2. The Bertz CT molecular complexity index is 700. The molecule has 0 N–H and O–H groups in total. The minimum Gasteiger partial charge on any atom is -0.339 e. The molecule has 1 saturated heterocycles. The third-order valence-electron chi connectivity index (χ3n) is 5.13. The maximum atomic E-state index is 12.4. The molecule has 0 spiro atoms. The average molecular weight is 357 g/mol. The van der Waals surface area contributed by atoms with Gasteiger partial charge in [-0.25, -0.2) is 0 Å². The Kier molecular flexibility index (Phi) is 5.65. The van der Waals surface area contributed by atoms with E-state index >= 15 is 0 Å². The first-order chi connectivity index (χ1) is 12.5. The first-order valence-electron chi connectivity index (χ1n) is 9.05. The normalized spacial score (nSPS) is 18.5. The lowest BCUT2D eigenvalue weighted by Crippen LogP contribution is -2.51. The van der Waals surface area contributed by atoms with Crippen molar-refractivity contribution in [1.29, 1.82) is 0 Å². The number of non-ortho nitro benzene ring substituents is 1. The Morgan fingerprint density at radius 1 is 1.00 bits per heavy atom. The summed E-state index contributed by atoms with van der Waals surface area (Å²) in [4.78, 5) is 38.5. The van der Waals surface area contributed by atoms with Gasteiger partial charge < -0.3 is 9.80 Å². The molecule has 0 atom stereocenters. The fourth-order valence-corrected chi connectivity index (χ4v) is 3.56. The Labute approximate surface area is 152 Å². The lowest BCUT2D eigenvalue weighted by Gasteiger charge is -2.35. The molecule has 138 valence electrons. The van der Waals surface area contributed by atoms with Crippen molar-refractivity contribution in [1.82, 2.24) is 9.80 Å². The Morgan fingerprint density at radius 2 is 1.58 bits per heavy atom. The highest BCUT2D eigenvalue weighted by Crippen LogP contribution is 2.27. The van der Waals surface area contributed by atoms with E-state index in [4.69, 9.17) is 0 Å². The predicted molar refractivity (Wildman–Crippen MR) is 97.2 cm³/mol. The van der Waals surface area contributed by atoms with Gasteiger partial charge in [0.2, 0.25) is 11.8 Å². The maximum Gasteiger partial charge on any atom is 0.269 e. The second-order valence-electron chi connectivity index (χ2n) is 6.81. The van der Waals surface area contributed by atoms with Gasteiger partial charge in [0.15, 0.2) is 0 Å². The molecule has 1 heterocycles. The van der Waals surface area contributed by atoms with E-state index in [0.717, 1.165) is 31.2 Å². The van der Waals surface area contributed by atoms with Gasteiger partial charge in [0, 0.05) is 50.3 Å². The van der Waals surface area contributed by atoms with Crippen LogP contribution in [0.4, 0.5) is 5.69 Å². The molecule has 26 heavy (non-hydrogen) atoms. The standard InChI is InChI=1S/C19H23N3O4/c23-18(10-7-15-5-8-17(9-6-15)22(25)26)20-11-13-21(14-12-20)19(24)16-3-1-2-4-16/h5-10,16H,1-4,11-14H2/b10-7+. The number of nitrogens with zero attached hydrogens (tertiary/aromatic N) is 3. The second kappa shape index (κ2) is 8.12. The minimum absolute atomic E-state index is 0.0246. The first kappa shape index (κ1) is 18.1. The van der Waals surface area contributed by atoms with E-state index in [2.05, 4.69) is 0 Å². The van der Waals surface area contributed by atoms with Gasteiger partial charge in [0.25, 0.3) is 5.69 Å². The van der Waals surface area contributed by atoms with Gasteiger partial charge in [-0.1, -0.05) is 12.8 Å². The predicted octanol–water partition coefficient (Wildman–Crippen LogP) is 2.47. The molecule has 1 saturated carbocycles. The van der Waals surface area contributed by atoms with Crippen LogP contribution in [0.2, 0.25) is 0 Å². The molecular formula is C19H23N3O4. The van der Waals surface area contributed by atoms with E-state index in [1.807, 2.05) is 4.90 Å². The third-order valence-corrected chi connectivity index (χ3v) is 5.13. The molecular weight excluding hydrogens is 334 g/mol. The van der Waals surface area contributed by atoms with Crippen molar-refractivity contribution < 1.29 is 14.5 Å². The molecule has 0 unspecified atom stereocenters. The van der Waals surface area contributed by atoms with Gasteiger partial charge in [0.05, 0.1) is 4.92 Å². The highest BCUT2D eigenvalue weighted by atomic mass is 16.6. The van der Waals surface area contributed by atoms with Crippen LogP contribution < -0.4 is 0 Å². The van der Waals surface area contributed by atoms with Gasteiger partial charge in [-0.05, 0) is 36.6 Å². The molecule has 2 aliphatic rings. The van der Waals surface area contributed by atoms with Crippen LogP contribution in [-0.2, 0) is 9.59 Å². The summed E-state index contributed by atoms with van der Waals surface area (Å²) < 4.78 is 0. The summed E-state index contributed by atoms with van der Waals surface area (Å²) in [6.07, 6.45) is 7.41. The maximum absolute atomic E-state index is 12.4. The van der Waals surface area contributed by atoms with E-state index in [-0.39, 0.29) is 23.4 Å². The van der Waals surface area contributed by atoms with Crippen molar-refractivity contribution in [3.63, 3.8) is 0 Å². The summed E-state index contributed by atoms with van der Waals surface area (Å²) in [6, 6.07) is 6.05. The summed E-state index contributed by atoms with van der Waals surface area (Å²) in [6.45, 7) is 2.27. The Balaban J connectivity index is 1.50. The van der Waals surface area contributed by atoms with Gasteiger partial charge in [0.1, 0.15) is 0 Å². The highest BCUT2D eigenvalue weighted by molar-refractivity contribution is 5.92. The van der Waals surface area contributed by atoms with Gasteiger partial charge in [-0.3, -0.25) is 19.7 Å². The minimum atomic E-state index is -0.453. The van der Waals surface area contributed by atoms with E-state index in [1.54, 1.807) is 23.1 Å². The number of carbonyl (C=O) groups excluding carboxylic acids is 2. The zero-order valence-corrected chi connectivity index (χ0v) is 14.7. The summed E-state index contributed by atoms with van der Waals surface area (Å²) in [5.41, 5.74) is 0.760. The lowest BCUT2D eigenvalue weighted by atomic mass is 10.1. The fraction of sp³-hybridized carbons (Fsp3) is 0.474. The van der Waals surface area contributed by atoms with Crippen molar-refractivity contribution in [3.05, 3.63) is 46.0 Å². The smallest absolute Gasteiger partial charge is 0.269 e. The Hall–Kier alpha value is -2.70. The zero-order valence-electron chi connectivity index (χ0n) is 14.7. The Morgan fingerprint density at radius 3 is 2.15 bits per heavy atom. The lowest BCUT2D eigenvalue weighted by molar-refractivity contribution is -0.384. The van der Waals surface area contributed by atoms with E-state index in [9.17, 15) is 19.7 Å². The molecule has 1 aromatic carbocycles. The quantitative estimate of drug-likeness (QED) is 0.471. The van der Waals surface area contributed by atoms with Crippen LogP contribution in [0, 0.1) is 16.0 Å². The monoisotopic (exact) mass is 357 g/mol. The van der Waals surface area contributed by atoms with Crippen LogP contribution in [0.1, 0.15) is 31.2 Å². The number of benzene rings is 1. The summed E-state index contributed by atoms with van der Waals surface area (Å²) in [5, 5.41) is 10.6. The highest BCUT2D eigenvalue weighted by Gasteiger charge is 2.30. The third kappa shape index (κ3) is 4.28. The van der Waals surface area contributed by atoms with E-state index < -0.39 is 4.92 Å². The number of hydrogen-bond donors (Lipinski definition) is 0. The van der Waals surface area contributed by atoms with Crippen molar-refractivity contribution in [2.75, 3.05) is 26.2 Å². The number of nitro benzene ring substituents is 1. The number of rotatable bonds is 4. The summed E-state index contributed by atoms with van der Waals surface area (Å²) in [7, 11) is 0. The van der Waals surface area contributed by atoms with Crippen LogP contribution in [0.5, 0.6) is 0 Å².